The van der Waals surface area contributed by atoms with E-state index in [0.717, 1.165) is 0 Å². The van der Waals surface area contributed by atoms with Crippen molar-refractivity contribution < 1.29 is 19.1 Å². The number of fused-ring (bicyclic) bond motifs is 1. The first kappa shape index (κ1) is 15.4. The Balaban J connectivity index is 1.94. The second-order valence-corrected chi connectivity index (χ2v) is 5.55. The molecule has 0 saturated carbocycles. The van der Waals surface area contributed by atoms with Crippen molar-refractivity contribution >= 4 is 29.0 Å². The molecule has 3 rings (SSSR count). The Hall–Kier alpha value is -1.46. The van der Waals surface area contributed by atoms with Gasteiger partial charge in [-0.05, 0) is 19.0 Å². The second kappa shape index (κ2) is 5.97. The van der Waals surface area contributed by atoms with Crippen LogP contribution in [-0.2, 0) is 8.92 Å². The largest absolute Gasteiger partial charge is 0.387 e. The SMILES string of the molecule is CSOC[C@H]1O[C@@H](n2cnc3c(N)nc(C)nc32)[C@H](O)[C@@H]1O. The first-order valence-corrected chi connectivity index (χ1v) is 7.81. The number of hydrogen-bond acceptors (Lipinski definition) is 9. The molecule has 4 atom stereocenters. The summed E-state index contributed by atoms with van der Waals surface area (Å²) in [6.07, 6.45) is -0.400. The van der Waals surface area contributed by atoms with Gasteiger partial charge in [0.05, 0.1) is 12.9 Å². The Labute approximate surface area is 130 Å². The maximum atomic E-state index is 10.2. The van der Waals surface area contributed by atoms with E-state index >= 15 is 0 Å². The van der Waals surface area contributed by atoms with E-state index in [2.05, 4.69) is 15.0 Å². The molecule has 1 aliphatic heterocycles. The standard InChI is InChI=1S/C12H17N5O4S/c1-5-15-10(13)7-11(16-5)17(4-14-7)12-9(19)8(18)6(21-12)3-20-22-2/h4,6,8-9,12,18-19H,3H2,1-2H3,(H2,13,15,16)/t6-,8-,9-,12-/m1/s1. The first-order chi connectivity index (χ1) is 10.5. The zero-order valence-corrected chi connectivity index (χ0v) is 12.9. The number of imidazole rings is 1. The fourth-order valence-corrected chi connectivity index (χ4v) is 2.74. The zero-order valence-electron chi connectivity index (χ0n) is 12.1. The molecule has 0 unspecified atom stereocenters. The maximum Gasteiger partial charge on any atom is 0.167 e. The monoisotopic (exact) mass is 327 g/mol. The minimum Gasteiger partial charge on any atom is -0.387 e. The summed E-state index contributed by atoms with van der Waals surface area (Å²) >= 11 is 1.17. The van der Waals surface area contributed by atoms with Gasteiger partial charge in [-0.2, -0.15) is 0 Å². The highest BCUT2D eigenvalue weighted by atomic mass is 32.2. The normalized spacial score (nSPS) is 28.5. The van der Waals surface area contributed by atoms with Gasteiger partial charge in [-0.25, -0.2) is 15.0 Å². The van der Waals surface area contributed by atoms with Gasteiger partial charge in [-0.15, -0.1) is 0 Å². The minimum absolute atomic E-state index is 0.165. The molecular weight excluding hydrogens is 310 g/mol. The molecule has 0 amide bonds. The Morgan fingerprint density at radius 1 is 1.41 bits per heavy atom. The lowest BCUT2D eigenvalue weighted by atomic mass is 10.1. The first-order valence-electron chi connectivity index (χ1n) is 6.66. The van der Waals surface area contributed by atoms with Crippen LogP contribution in [0.3, 0.4) is 0 Å². The molecule has 120 valence electrons. The van der Waals surface area contributed by atoms with Crippen LogP contribution in [-0.4, -0.2) is 60.9 Å². The number of hydrogen-bond donors (Lipinski definition) is 3. The Bertz CT molecular complexity index is 681. The smallest absolute Gasteiger partial charge is 0.167 e. The second-order valence-electron chi connectivity index (χ2n) is 4.98. The third-order valence-electron chi connectivity index (χ3n) is 3.52. The van der Waals surface area contributed by atoms with Crippen LogP contribution < -0.4 is 5.73 Å². The maximum absolute atomic E-state index is 10.2. The third kappa shape index (κ3) is 2.52. The van der Waals surface area contributed by atoms with Gasteiger partial charge >= 0.3 is 0 Å². The molecule has 3 heterocycles. The minimum atomic E-state index is -1.12. The highest BCUT2D eigenvalue weighted by Gasteiger charge is 2.44. The van der Waals surface area contributed by atoms with Crippen molar-refractivity contribution in [2.45, 2.75) is 31.5 Å². The van der Waals surface area contributed by atoms with E-state index in [4.69, 9.17) is 14.7 Å². The van der Waals surface area contributed by atoms with E-state index in [1.54, 1.807) is 17.7 Å². The van der Waals surface area contributed by atoms with Crippen molar-refractivity contribution in [3.8, 4) is 0 Å². The van der Waals surface area contributed by atoms with Crippen LogP contribution in [0.2, 0.25) is 0 Å². The summed E-state index contributed by atoms with van der Waals surface area (Å²) < 4.78 is 12.4. The highest BCUT2D eigenvalue weighted by Crippen LogP contribution is 2.32. The van der Waals surface area contributed by atoms with Crippen molar-refractivity contribution in [1.29, 1.82) is 0 Å². The molecule has 2 aromatic heterocycles. The van der Waals surface area contributed by atoms with E-state index in [1.807, 2.05) is 0 Å². The van der Waals surface area contributed by atoms with E-state index in [0.29, 0.717) is 17.0 Å². The van der Waals surface area contributed by atoms with E-state index in [-0.39, 0.29) is 12.4 Å². The van der Waals surface area contributed by atoms with E-state index in [9.17, 15) is 10.2 Å². The molecule has 1 aliphatic rings. The summed E-state index contributed by atoms with van der Waals surface area (Å²) in [5.74, 6) is 0.749. The highest BCUT2D eigenvalue weighted by molar-refractivity contribution is 7.93. The quantitative estimate of drug-likeness (QED) is 0.644. The summed E-state index contributed by atoms with van der Waals surface area (Å²) in [5.41, 5.74) is 6.70. The van der Waals surface area contributed by atoms with Gasteiger partial charge in [0.2, 0.25) is 0 Å². The van der Waals surface area contributed by atoms with Crippen LogP contribution in [0.5, 0.6) is 0 Å². The summed E-state index contributed by atoms with van der Waals surface area (Å²) in [5, 5.41) is 20.3. The Morgan fingerprint density at radius 2 is 2.18 bits per heavy atom. The average molecular weight is 327 g/mol. The van der Waals surface area contributed by atoms with Gasteiger partial charge in [0.15, 0.2) is 17.7 Å². The number of aromatic nitrogens is 4. The molecule has 4 N–H and O–H groups in total. The molecule has 10 heteroatoms. The summed E-state index contributed by atoms with van der Waals surface area (Å²) in [4.78, 5) is 12.5. The molecular formula is C12H17N5O4S. The van der Waals surface area contributed by atoms with E-state index < -0.39 is 24.5 Å². The Kier molecular flexibility index (Phi) is 4.19. The number of ether oxygens (including phenoxy) is 1. The van der Waals surface area contributed by atoms with Gasteiger partial charge in [0.1, 0.15) is 29.7 Å². The topological polar surface area (TPSA) is 129 Å². The van der Waals surface area contributed by atoms with Gasteiger partial charge in [-0.1, -0.05) is 0 Å². The zero-order chi connectivity index (χ0) is 15.9. The fourth-order valence-electron chi connectivity index (χ4n) is 2.47. The van der Waals surface area contributed by atoms with Crippen molar-refractivity contribution in [1.82, 2.24) is 19.5 Å². The van der Waals surface area contributed by atoms with Gasteiger partial charge in [0.25, 0.3) is 0 Å². The van der Waals surface area contributed by atoms with Crippen molar-refractivity contribution in [2.24, 2.45) is 0 Å². The number of nitrogens with two attached hydrogens (primary N) is 1. The summed E-state index contributed by atoms with van der Waals surface area (Å²) in [6.45, 7) is 1.88. The number of nitrogens with zero attached hydrogens (tertiary/aromatic N) is 4. The fraction of sp³-hybridized carbons (Fsp3) is 0.583. The molecule has 2 aromatic rings. The molecule has 0 spiro atoms. The van der Waals surface area contributed by atoms with Gasteiger partial charge in [0, 0.05) is 6.26 Å². The summed E-state index contributed by atoms with van der Waals surface area (Å²) in [7, 11) is 0. The average Bonchev–Trinajstić information content (AvgIpc) is 3.00. The molecule has 1 saturated heterocycles. The number of aryl methyl sites for hydroxylation is 1. The van der Waals surface area contributed by atoms with Crippen molar-refractivity contribution in [3.63, 3.8) is 0 Å². The number of anilines is 1. The molecule has 0 bridgehead atoms. The van der Waals surface area contributed by atoms with Crippen LogP contribution >= 0.6 is 12.0 Å². The molecule has 9 nitrogen and oxygen atoms in total. The van der Waals surface area contributed by atoms with E-state index in [1.165, 1.54) is 18.4 Å². The van der Waals surface area contributed by atoms with Crippen molar-refractivity contribution in [2.75, 3.05) is 18.6 Å². The van der Waals surface area contributed by atoms with Crippen LogP contribution in [0.25, 0.3) is 11.2 Å². The molecule has 0 radical (unpaired) electrons. The number of aliphatic hydroxyl groups is 2. The lowest BCUT2D eigenvalue weighted by Gasteiger charge is -2.16. The van der Waals surface area contributed by atoms with Crippen LogP contribution in [0.4, 0.5) is 5.82 Å². The molecule has 0 aromatic carbocycles. The number of rotatable bonds is 4. The molecule has 0 aliphatic carbocycles. The predicted octanol–water partition coefficient (Wildman–Crippen LogP) is -0.369. The summed E-state index contributed by atoms with van der Waals surface area (Å²) in [6, 6.07) is 0. The lowest BCUT2D eigenvalue weighted by molar-refractivity contribution is -0.0453. The van der Waals surface area contributed by atoms with Gasteiger partial charge in [-0.3, -0.25) is 4.57 Å². The molecule has 1 fully saturated rings. The Morgan fingerprint density at radius 3 is 2.91 bits per heavy atom. The predicted molar refractivity (Wildman–Crippen MR) is 79.9 cm³/mol. The van der Waals surface area contributed by atoms with Crippen molar-refractivity contribution in [3.05, 3.63) is 12.2 Å². The molecule has 22 heavy (non-hydrogen) atoms. The lowest BCUT2D eigenvalue weighted by Crippen LogP contribution is -2.33. The van der Waals surface area contributed by atoms with Crippen LogP contribution in [0.1, 0.15) is 12.1 Å². The van der Waals surface area contributed by atoms with Gasteiger partial charge < -0.3 is 24.9 Å². The number of nitrogen functional groups attached to an aromatic ring is 1. The third-order valence-corrected chi connectivity index (χ3v) is 3.89. The van der Waals surface area contributed by atoms with Crippen LogP contribution in [0, 0.1) is 6.92 Å². The number of aliphatic hydroxyl groups excluding tert-OH is 2. The van der Waals surface area contributed by atoms with Crippen LogP contribution in [0.15, 0.2) is 6.33 Å².